The molecular formula is C18H36KO6+. The van der Waals surface area contributed by atoms with Crippen LogP contribution in [0.2, 0.25) is 0 Å². The van der Waals surface area contributed by atoms with E-state index < -0.39 is 0 Å². The summed E-state index contributed by atoms with van der Waals surface area (Å²) in [6.07, 6.45) is 0. The molecule has 0 bridgehead atoms. The zero-order chi connectivity index (χ0) is 17.9. The molecule has 0 radical (unpaired) electrons. The summed E-state index contributed by atoms with van der Waals surface area (Å²) < 4.78 is 17.1. The van der Waals surface area contributed by atoms with Gasteiger partial charge in [0.1, 0.15) is 0 Å². The van der Waals surface area contributed by atoms with E-state index in [2.05, 4.69) is 68.9 Å². The summed E-state index contributed by atoms with van der Waals surface area (Å²) >= 11 is 0. The van der Waals surface area contributed by atoms with Crippen molar-refractivity contribution in [1.82, 2.24) is 0 Å². The third kappa shape index (κ3) is 14.1. The van der Waals surface area contributed by atoms with Gasteiger partial charge in [0, 0.05) is 0 Å². The molecule has 0 atom stereocenters. The van der Waals surface area contributed by atoms with E-state index in [1.54, 1.807) is 0 Å². The van der Waals surface area contributed by atoms with Crippen LogP contribution in [-0.2, 0) is 26.2 Å². The Bertz CT molecular complexity index is 218. The van der Waals surface area contributed by atoms with Crippen LogP contribution in [0.25, 0.3) is 0 Å². The molecule has 0 aromatic carbocycles. The van der Waals surface area contributed by atoms with Gasteiger partial charge in [0.2, 0.25) is 0 Å². The minimum Gasteiger partial charge on any atom is -0.559 e. The minimum atomic E-state index is 0. The van der Waals surface area contributed by atoms with E-state index in [0.717, 1.165) is 79.3 Å². The largest absolute Gasteiger partial charge is 1.00 e. The molecule has 1 aliphatic rings. The molecule has 1 fully saturated rings. The molecule has 7 heteroatoms. The first kappa shape index (κ1) is 26.4. The van der Waals surface area contributed by atoms with Gasteiger partial charge in [-0.3, -0.25) is 0 Å². The topological polar surface area (TPSA) is 16.2 Å². The zero-order valence-electron chi connectivity index (χ0n) is 16.2. The molecule has 0 N–H and O–H groups in total. The first-order valence-corrected chi connectivity index (χ1v) is 8.20. The summed E-state index contributed by atoms with van der Waals surface area (Å²) in [6, 6.07) is 0. The maximum absolute atomic E-state index is 3.98. The number of hydrogen-bond donors (Lipinski definition) is 0. The molecule has 0 saturated carbocycles. The van der Waals surface area contributed by atoms with Crippen LogP contribution in [0.3, 0.4) is 0 Å². The standard InChI is InChI=1S/C18H36O6.K/c1-19-7-9-20(2)11-13-22(4)15-17-24(6)18-16-23(5)14-12-21(3)10-8-19;/h1-18H2;/q;+1. The summed E-state index contributed by atoms with van der Waals surface area (Å²) in [5.41, 5.74) is 0. The van der Waals surface area contributed by atoms with Crippen molar-refractivity contribution in [1.29, 1.82) is 0 Å². The second-order valence-corrected chi connectivity index (χ2v) is 6.12. The summed E-state index contributed by atoms with van der Waals surface area (Å²) in [5.74, 6) is 0. The van der Waals surface area contributed by atoms with Gasteiger partial charge in [0.05, 0.1) is 0 Å². The van der Waals surface area contributed by atoms with E-state index in [1.807, 2.05) is 0 Å². The van der Waals surface area contributed by atoms with Crippen molar-refractivity contribution in [2.24, 2.45) is 0 Å². The molecule has 25 heavy (non-hydrogen) atoms. The zero-order valence-corrected chi connectivity index (χ0v) is 19.3. The van der Waals surface area contributed by atoms with Crippen molar-refractivity contribution >= 4 is 0 Å². The van der Waals surface area contributed by atoms with Crippen LogP contribution >= 0.6 is 0 Å². The fraction of sp³-hybridized carbons (Fsp3) is 0.667. The first-order valence-electron chi connectivity index (χ1n) is 8.20. The quantitative estimate of drug-likeness (QED) is 0.290. The van der Waals surface area contributed by atoms with E-state index in [9.17, 15) is 0 Å². The van der Waals surface area contributed by atoms with E-state index in [4.69, 9.17) is 0 Å². The molecule has 0 amide bonds. The predicted octanol–water partition coefficient (Wildman–Crippen LogP) is -0.933. The Labute approximate surface area is 197 Å². The van der Waals surface area contributed by atoms with Gasteiger partial charge in [-0.25, -0.2) is 0 Å². The van der Waals surface area contributed by atoms with E-state index in [0.29, 0.717) is 0 Å². The van der Waals surface area contributed by atoms with Gasteiger partial charge in [0.25, 0.3) is 0 Å². The van der Waals surface area contributed by atoms with Crippen LogP contribution in [-0.4, -0.2) is 79.3 Å². The molecule has 1 aliphatic heterocycles. The fourth-order valence-corrected chi connectivity index (χ4v) is 2.03. The van der Waals surface area contributed by atoms with Crippen LogP contribution in [0.4, 0.5) is 0 Å². The Morgan fingerprint density at radius 1 is 0.280 bits per heavy atom. The van der Waals surface area contributed by atoms with E-state index >= 15 is 0 Å². The van der Waals surface area contributed by atoms with Gasteiger partial charge in [-0.1, -0.05) is 42.7 Å². The van der Waals surface area contributed by atoms with Crippen LogP contribution in [0.5, 0.6) is 0 Å². The van der Waals surface area contributed by atoms with E-state index in [1.165, 1.54) is 0 Å². The molecule has 1 heterocycles. The van der Waals surface area contributed by atoms with Crippen LogP contribution < -0.4 is 51.4 Å². The molecule has 1 rings (SSSR count). The summed E-state index contributed by atoms with van der Waals surface area (Å²) in [7, 11) is 23.9. The van der Waals surface area contributed by atoms with Gasteiger partial charge in [0.15, 0.2) is 79.3 Å². The summed E-state index contributed by atoms with van der Waals surface area (Å²) in [5, 5.41) is 0. The molecule has 0 unspecified atom stereocenters. The molecule has 0 spiro atoms. The first-order chi connectivity index (χ1) is 11.4. The Morgan fingerprint density at radius 2 is 0.360 bits per heavy atom. The van der Waals surface area contributed by atoms with Crippen molar-refractivity contribution < 1.29 is 77.6 Å². The smallest absolute Gasteiger partial charge is 0.559 e. The maximum Gasteiger partial charge on any atom is 1.00 e. The van der Waals surface area contributed by atoms with Crippen LogP contribution in [0, 0.1) is 42.7 Å². The average Bonchev–Trinajstić information content (AvgIpc) is 2.56. The Morgan fingerprint density at radius 3 is 0.440 bits per heavy atom. The third-order valence-corrected chi connectivity index (χ3v) is 3.96. The fourth-order valence-electron chi connectivity index (χ4n) is 2.03. The van der Waals surface area contributed by atoms with Crippen molar-refractivity contribution in [2.75, 3.05) is 79.3 Å². The molecule has 0 aliphatic carbocycles. The summed E-state index contributed by atoms with van der Waals surface area (Å²) in [6.45, 7) is 9.04. The average molecular weight is 388 g/mol. The molecular weight excluding hydrogens is 351 g/mol. The normalized spacial score (nSPS) is 25.2. The van der Waals surface area contributed by atoms with Gasteiger partial charge >= 0.3 is 51.4 Å². The van der Waals surface area contributed by atoms with Crippen LogP contribution in [0.15, 0.2) is 0 Å². The molecule has 0 aromatic heterocycles. The second kappa shape index (κ2) is 15.3. The minimum absolute atomic E-state index is 0. The van der Waals surface area contributed by atoms with Crippen molar-refractivity contribution in [2.45, 2.75) is 0 Å². The second-order valence-electron chi connectivity index (χ2n) is 6.12. The SMILES string of the molecule is [CH2-][O+]1CC[O+]([CH2-])CC[O+]([CH2-])CC[O+]([CH2-])CC[O+]([CH2-])CC[O+]([CH2-])CC1.[K+]. The maximum atomic E-state index is 3.98. The van der Waals surface area contributed by atoms with Crippen molar-refractivity contribution in [3.05, 3.63) is 42.7 Å². The van der Waals surface area contributed by atoms with Crippen molar-refractivity contribution in [3.63, 3.8) is 0 Å². The third-order valence-electron chi connectivity index (χ3n) is 3.96. The van der Waals surface area contributed by atoms with Gasteiger partial charge in [-0.15, -0.1) is 0 Å². The van der Waals surface area contributed by atoms with Crippen molar-refractivity contribution in [3.8, 4) is 0 Å². The molecule has 1 saturated heterocycles. The monoisotopic (exact) mass is 387 g/mol. The summed E-state index contributed by atoms with van der Waals surface area (Å²) in [4.78, 5) is 0. The number of hydrogen-bond acceptors (Lipinski definition) is 0. The Balaban J connectivity index is 0.00000576. The molecule has 6 nitrogen and oxygen atoms in total. The van der Waals surface area contributed by atoms with Gasteiger partial charge < -0.3 is 26.2 Å². The van der Waals surface area contributed by atoms with Gasteiger partial charge in [-0.05, 0) is 0 Å². The molecule has 0 aromatic rings. The van der Waals surface area contributed by atoms with E-state index in [-0.39, 0.29) is 51.4 Å². The molecule has 144 valence electrons. The Hall–Kier alpha value is 1.40. The van der Waals surface area contributed by atoms with Crippen LogP contribution in [0.1, 0.15) is 0 Å². The van der Waals surface area contributed by atoms with Gasteiger partial charge in [-0.2, -0.15) is 0 Å². The predicted molar refractivity (Wildman–Crippen MR) is 97.1 cm³/mol. The number of rotatable bonds is 0. The Kier molecular flexibility index (Phi) is 16.2.